The Balaban J connectivity index is 2.10. The number of aliphatic hydroxyl groups is 1. The molecule has 0 unspecified atom stereocenters. The molecular formula is C17H14FNO3S. The number of halogens is 1. The lowest BCUT2D eigenvalue weighted by Gasteiger charge is -2.05. The molecule has 1 aliphatic rings. The van der Waals surface area contributed by atoms with Gasteiger partial charge in [-0.25, -0.2) is 12.8 Å². The number of sulfone groups is 1. The summed E-state index contributed by atoms with van der Waals surface area (Å²) in [6.45, 7) is -0.596. The van der Waals surface area contributed by atoms with Gasteiger partial charge in [0, 0.05) is 5.92 Å². The molecule has 0 amide bonds. The Morgan fingerprint density at radius 2 is 1.87 bits per heavy atom. The molecular weight excluding hydrogens is 317 g/mol. The summed E-state index contributed by atoms with van der Waals surface area (Å²) in [7, 11) is -3.81. The van der Waals surface area contributed by atoms with E-state index in [0.29, 0.717) is 5.56 Å². The fourth-order valence-corrected chi connectivity index (χ4v) is 5.48. The van der Waals surface area contributed by atoms with Crippen LogP contribution >= 0.6 is 0 Å². The molecule has 3 rings (SSSR count). The van der Waals surface area contributed by atoms with Crippen LogP contribution in [0.3, 0.4) is 0 Å². The monoisotopic (exact) mass is 331 g/mol. The zero-order valence-electron chi connectivity index (χ0n) is 12.1. The Morgan fingerprint density at radius 1 is 1.17 bits per heavy atom. The SMILES string of the molecule is N#C[C@@]1(CO)[C@H](S(=O)(=O)c2ccccc2)[C@@H]1c1cccc(F)c1. The zero-order chi connectivity index (χ0) is 16.7. The average molecular weight is 331 g/mol. The number of nitriles is 1. The highest BCUT2D eigenvalue weighted by atomic mass is 32.2. The summed E-state index contributed by atoms with van der Waals surface area (Å²) < 4.78 is 39.1. The van der Waals surface area contributed by atoms with Crippen LogP contribution in [0, 0.1) is 22.6 Å². The van der Waals surface area contributed by atoms with Gasteiger partial charge in [-0.2, -0.15) is 5.26 Å². The van der Waals surface area contributed by atoms with Crippen LogP contribution in [0.2, 0.25) is 0 Å². The van der Waals surface area contributed by atoms with Crippen molar-refractivity contribution in [2.45, 2.75) is 16.1 Å². The Morgan fingerprint density at radius 3 is 2.43 bits per heavy atom. The van der Waals surface area contributed by atoms with Crippen LogP contribution in [0.5, 0.6) is 0 Å². The molecule has 1 N–H and O–H groups in total. The van der Waals surface area contributed by atoms with E-state index in [0.717, 1.165) is 0 Å². The van der Waals surface area contributed by atoms with Crippen LogP contribution in [-0.4, -0.2) is 25.4 Å². The summed E-state index contributed by atoms with van der Waals surface area (Å²) in [5, 5.41) is 18.0. The maximum Gasteiger partial charge on any atom is 0.183 e. The molecule has 3 atom stereocenters. The van der Waals surface area contributed by atoms with Gasteiger partial charge in [-0.15, -0.1) is 0 Å². The van der Waals surface area contributed by atoms with Gasteiger partial charge >= 0.3 is 0 Å². The van der Waals surface area contributed by atoms with Crippen molar-refractivity contribution in [1.82, 2.24) is 0 Å². The number of hydrogen-bond donors (Lipinski definition) is 1. The molecule has 6 heteroatoms. The summed E-state index contributed by atoms with van der Waals surface area (Å²) in [5.41, 5.74) is -1.03. The number of aliphatic hydroxyl groups excluding tert-OH is 1. The number of hydrogen-bond acceptors (Lipinski definition) is 4. The van der Waals surface area contributed by atoms with Crippen LogP contribution in [-0.2, 0) is 9.84 Å². The highest BCUT2D eigenvalue weighted by Crippen LogP contribution is 2.63. The summed E-state index contributed by atoms with van der Waals surface area (Å²) in [5.74, 6) is -1.26. The van der Waals surface area contributed by atoms with E-state index in [2.05, 4.69) is 0 Å². The first-order valence-electron chi connectivity index (χ1n) is 7.04. The van der Waals surface area contributed by atoms with Gasteiger partial charge in [0.25, 0.3) is 0 Å². The fourth-order valence-electron chi connectivity index (χ4n) is 3.15. The molecule has 1 aliphatic carbocycles. The van der Waals surface area contributed by atoms with Crippen molar-refractivity contribution in [3.63, 3.8) is 0 Å². The molecule has 0 bridgehead atoms. The van der Waals surface area contributed by atoms with Crippen molar-refractivity contribution in [3.05, 3.63) is 66.0 Å². The lowest BCUT2D eigenvalue weighted by molar-refractivity contribution is 0.242. The van der Waals surface area contributed by atoms with Crippen molar-refractivity contribution in [2.24, 2.45) is 5.41 Å². The predicted molar refractivity (Wildman–Crippen MR) is 81.7 cm³/mol. The van der Waals surface area contributed by atoms with Crippen molar-refractivity contribution >= 4 is 9.84 Å². The summed E-state index contributed by atoms with van der Waals surface area (Å²) in [6.07, 6.45) is 0. The van der Waals surface area contributed by atoms with Gasteiger partial charge in [-0.3, -0.25) is 0 Å². The number of rotatable bonds is 4. The second kappa shape index (κ2) is 5.44. The normalized spacial score (nSPS) is 26.5. The van der Waals surface area contributed by atoms with Gasteiger partial charge in [0.05, 0.1) is 22.8 Å². The van der Waals surface area contributed by atoms with E-state index in [-0.39, 0.29) is 4.90 Å². The first-order valence-corrected chi connectivity index (χ1v) is 8.58. The van der Waals surface area contributed by atoms with E-state index in [4.69, 9.17) is 0 Å². The third-order valence-electron chi connectivity index (χ3n) is 4.34. The summed E-state index contributed by atoms with van der Waals surface area (Å²) >= 11 is 0. The quantitative estimate of drug-likeness (QED) is 0.932. The largest absolute Gasteiger partial charge is 0.395 e. The van der Waals surface area contributed by atoms with E-state index >= 15 is 0 Å². The third kappa shape index (κ3) is 2.33. The van der Waals surface area contributed by atoms with Crippen LogP contribution in [0.1, 0.15) is 11.5 Å². The highest BCUT2D eigenvalue weighted by molar-refractivity contribution is 7.92. The van der Waals surface area contributed by atoms with Crippen molar-refractivity contribution in [2.75, 3.05) is 6.61 Å². The molecule has 0 aliphatic heterocycles. The van der Waals surface area contributed by atoms with Crippen LogP contribution in [0.15, 0.2) is 59.5 Å². The molecule has 0 spiro atoms. The summed E-state index contributed by atoms with van der Waals surface area (Å²) in [6, 6.07) is 15.3. The molecule has 1 saturated carbocycles. The topological polar surface area (TPSA) is 78.2 Å². The number of nitrogens with zero attached hydrogens (tertiary/aromatic N) is 1. The minimum Gasteiger partial charge on any atom is -0.395 e. The van der Waals surface area contributed by atoms with Crippen molar-refractivity contribution in [1.29, 1.82) is 5.26 Å². The van der Waals surface area contributed by atoms with Gasteiger partial charge in [0.2, 0.25) is 0 Å². The molecule has 0 heterocycles. The number of benzene rings is 2. The second-order valence-electron chi connectivity index (χ2n) is 5.62. The maximum atomic E-state index is 13.5. The Kier molecular flexibility index (Phi) is 3.71. The smallest absolute Gasteiger partial charge is 0.183 e. The van der Waals surface area contributed by atoms with E-state index in [9.17, 15) is 23.2 Å². The second-order valence-corrected chi connectivity index (χ2v) is 7.69. The molecule has 23 heavy (non-hydrogen) atoms. The lowest BCUT2D eigenvalue weighted by atomic mass is 10.0. The van der Waals surface area contributed by atoms with E-state index in [1.807, 2.05) is 6.07 Å². The Bertz CT molecular complexity index is 876. The summed E-state index contributed by atoms with van der Waals surface area (Å²) in [4.78, 5) is 0.0944. The maximum absolute atomic E-state index is 13.5. The van der Waals surface area contributed by atoms with E-state index in [1.54, 1.807) is 24.3 Å². The zero-order valence-corrected chi connectivity index (χ0v) is 12.9. The molecule has 1 fully saturated rings. The van der Waals surface area contributed by atoms with Gasteiger partial charge in [0.1, 0.15) is 11.2 Å². The highest BCUT2D eigenvalue weighted by Gasteiger charge is 2.72. The molecule has 0 aromatic heterocycles. The van der Waals surface area contributed by atoms with Crippen molar-refractivity contribution in [3.8, 4) is 6.07 Å². The van der Waals surface area contributed by atoms with E-state index < -0.39 is 38.8 Å². The van der Waals surface area contributed by atoms with Crippen LogP contribution < -0.4 is 0 Å². The first-order chi connectivity index (χ1) is 11.0. The van der Waals surface area contributed by atoms with Gasteiger partial charge in [0.15, 0.2) is 9.84 Å². The third-order valence-corrected chi connectivity index (χ3v) is 6.63. The minimum atomic E-state index is -3.81. The first kappa shape index (κ1) is 15.7. The van der Waals surface area contributed by atoms with Crippen LogP contribution in [0.4, 0.5) is 4.39 Å². The van der Waals surface area contributed by atoms with Gasteiger partial charge in [-0.05, 0) is 29.8 Å². The van der Waals surface area contributed by atoms with E-state index in [1.165, 1.54) is 30.3 Å². The van der Waals surface area contributed by atoms with Gasteiger partial charge < -0.3 is 5.11 Å². The molecule has 4 nitrogen and oxygen atoms in total. The molecule has 2 aromatic carbocycles. The molecule has 0 saturated heterocycles. The fraction of sp³-hybridized carbons (Fsp3) is 0.235. The minimum absolute atomic E-state index is 0.0944. The molecule has 2 aromatic rings. The van der Waals surface area contributed by atoms with Gasteiger partial charge in [-0.1, -0.05) is 30.3 Å². The predicted octanol–water partition coefficient (Wildman–Crippen LogP) is 2.27. The van der Waals surface area contributed by atoms with Crippen LogP contribution in [0.25, 0.3) is 0 Å². The van der Waals surface area contributed by atoms with Crippen molar-refractivity contribution < 1.29 is 17.9 Å². The molecule has 0 radical (unpaired) electrons. The Hall–Kier alpha value is -2.23. The lowest BCUT2D eigenvalue weighted by Crippen LogP contribution is -2.18. The molecule has 118 valence electrons. The Labute approximate surface area is 133 Å². The average Bonchev–Trinajstić information content (AvgIpc) is 3.26. The standard InChI is InChI=1S/C17H14FNO3S/c18-13-6-4-5-12(9-13)15-16(17(15,10-19)11-20)23(21,22)14-7-2-1-3-8-14/h1-9,15-16,20H,11H2/t15-,16+,17-/m0/s1.